The van der Waals surface area contributed by atoms with Crippen molar-refractivity contribution < 1.29 is 27.2 Å². The van der Waals surface area contributed by atoms with Crippen LogP contribution in [0.5, 0.6) is 0 Å². The summed E-state index contributed by atoms with van der Waals surface area (Å²) >= 11 is 1.36. The smallest absolute Gasteiger partial charge is 0.368 e. The topological polar surface area (TPSA) is 61.7 Å². The van der Waals surface area contributed by atoms with E-state index in [0.717, 1.165) is 17.8 Å². The number of nitrogens with zero attached hydrogens (tertiary/aromatic N) is 5. The first kappa shape index (κ1) is 30.3. The van der Waals surface area contributed by atoms with E-state index in [1.807, 2.05) is 34.7 Å². The summed E-state index contributed by atoms with van der Waals surface area (Å²) in [6.45, 7) is 4.68. The third-order valence-electron chi connectivity index (χ3n) is 7.34. The molecule has 2 amide bonds. The molecule has 12 heteroatoms. The monoisotopic (exact) mass is 613 g/mol. The average molecular weight is 614 g/mol. The van der Waals surface area contributed by atoms with Crippen molar-refractivity contribution in [1.82, 2.24) is 19.4 Å². The Kier molecular flexibility index (Phi) is 9.14. The lowest BCUT2D eigenvalue weighted by Gasteiger charge is -2.36. The molecule has 2 aromatic carbocycles. The quantitative estimate of drug-likeness (QED) is 0.212. The Hall–Kier alpha value is -4.19. The molecule has 1 aliphatic rings. The molecule has 0 aliphatic carbocycles. The van der Waals surface area contributed by atoms with Crippen molar-refractivity contribution in [3.8, 4) is 0 Å². The van der Waals surface area contributed by atoms with Gasteiger partial charge in [0.2, 0.25) is 0 Å². The highest BCUT2D eigenvalue weighted by atomic mass is 32.1. The van der Waals surface area contributed by atoms with Gasteiger partial charge >= 0.3 is 6.18 Å². The second kappa shape index (κ2) is 13.0. The predicted octanol–water partition coefficient (Wildman–Crippen LogP) is 6.17. The molecule has 5 rings (SSSR count). The van der Waals surface area contributed by atoms with Crippen LogP contribution in [0.4, 0.5) is 23.2 Å². The van der Waals surface area contributed by atoms with Crippen molar-refractivity contribution in [1.29, 1.82) is 0 Å². The summed E-state index contributed by atoms with van der Waals surface area (Å²) in [5, 5.41) is 2.43. The summed E-state index contributed by atoms with van der Waals surface area (Å²) in [4.78, 5) is 36.0. The molecule has 1 aliphatic heterocycles. The van der Waals surface area contributed by atoms with Crippen molar-refractivity contribution in [2.24, 2.45) is 0 Å². The van der Waals surface area contributed by atoms with Crippen molar-refractivity contribution >= 4 is 28.8 Å². The van der Waals surface area contributed by atoms with Gasteiger partial charge in [-0.25, -0.2) is 9.37 Å². The molecule has 226 valence electrons. The number of aromatic nitrogens is 2. The lowest BCUT2D eigenvalue weighted by Crippen LogP contribution is -2.49. The molecule has 0 saturated carbocycles. The van der Waals surface area contributed by atoms with Gasteiger partial charge in [0.25, 0.3) is 11.8 Å². The number of halogens is 4. The summed E-state index contributed by atoms with van der Waals surface area (Å²) in [5.74, 6) is -1.15. The van der Waals surface area contributed by atoms with E-state index in [0.29, 0.717) is 68.6 Å². The first-order chi connectivity index (χ1) is 20.6. The minimum absolute atomic E-state index is 0.0350. The molecule has 1 fully saturated rings. The van der Waals surface area contributed by atoms with Gasteiger partial charge in [0.15, 0.2) is 0 Å². The zero-order valence-corrected chi connectivity index (χ0v) is 24.4. The summed E-state index contributed by atoms with van der Waals surface area (Å²) < 4.78 is 55.6. The zero-order chi connectivity index (χ0) is 30.6. The summed E-state index contributed by atoms with van der Waals surface area (Å²) in [6.07, 6.45) is -1.82. The van der Waals surface area contributed by atoms with Crippen LogP contribution in [-0.2, 0) is 19.3 Å². The lowest BCUT2D eigenvalue weighted by molar-refractivity contribution is -0.137. The number of piperazine rings is 1. The normalized spacial score (nSPS) is 13.8. The van der Waals surface area contributed by atoms with E-state index in [4.69, 9.17) is 0 Å². The van der Waals surface area contributed by atoms with Crippen molar-refractivity contribution in [3.05, 3.63) is 106 Å². The Bertz CT molecular complexity index is 1580. The summed E-state index contributed by atoms with van der Waals surface area (Å²) in [5.41, 5.74) is 0.996. The largest absolute Gasteiger partial charge is 0.416 e. The van der Waals surface area contributed by atoms with Gasteiger partial charge in [0.05, 0.1) is 24.2 Å². The third-order valence-corrected chi connectivity index (χ3v) is 8.18. The average Bonchev–Trinajstić information content (AvgIpc) is 3.66. The van der Waals surface area contributed by atoms with Crippen LogP contribution in [0.1, 0.15) is 50.5 Å². The number of hydrogen-bond donors (Lipinski definition) is 0. The van der Waals surface area contributed by atoms with Crippen LogP contribution in [0.3, 0.4) is 0 Å². The van der Waals surface area contributed by atoms with E-state index in [1.165, 1.54) is 29.5 Å². The summed E-state index contributed by atoms with van der Waals surface area (Å²) in [7, 11) is 0. The van der Waals surface area contributed by atoms with Crippen molar-refractivity contribution in [2.45, 2.75) is 32.6 Å². The fourth-order valence-electron chi connectivity index (χ4n) is 5.11. The van der Waals surface area contributed by atoms with Gasteiger partial charge in [-0.3, -0.25) is 9.59 Å². The van der Waals surface area contributed by atoms with Gasteiger partial charge in [0, 0.05) is 55.7 Å². The molecule has 0 unspecified atom stereocenters. The molecule has 0 atom stereocenters. The van der Waals surface area contributed by atoms with Crippen LogP contribution in [0.25, 0.3) is 0 Å². The molecule has 0 N–H and O–H groups in total. The van der Waals surface area contributed by atoms with Gasteiger partial charge < -0.3 is 19.3 Å². The van der Waals surface area contributed by atoms with E-state index in [9.17, 15) is 27.2 Å². The number of anilines is 1. The SMILES string of the molecule is CCCN(Cc1cccn1Cc1nc(C(=O)N2CCN(c3cccc(C(F)(F)F)c3)CC2)cs1)C(=O)c1ccccc1F. The van der Waals surface area contributed by atoms with Crippen LogP contribution in [0.2, 0.25) is 0 Å². The maximum Gasteiger partial charge on any atom is 0.416 e. The number of carbonyl (C=O) groups is 2. The molecule has 0 bridgehead atoms. The van der Waals surface area contributed by atoms with Gasteiger partial charge in [-0.05, 0) is 48.9 Å². The van der Waals surface area contributed by atoms with Crippen LogP contribution < -0.4 is 4.90 Å². The fourth-order valence-corrected chi connectivity index (χ4v) is 5.87. The number of rotatable bonds is 9. The minimum atomic E-state index is -4.41. The maximum absolute atomic E-state index is 14.3. The number of benzene rings is 2. The first-order valence-electron chi connectivity index (χ1n) is 14.0. The number of hydrogen-bond acceptors (Lipinski definition) is 5. The van der Waals surface area contributed by atoms with E-state index in [2.05, 4.69) is 4.98 Å². The number of amides is 2. The van der Waals surface area contributed by atoms with Crippen LogP contribution >= 0.6 is 11.3 Å². The number of carbonyl (C=O) groups excluding carboxylic acids is 2. The molecule has 43 heavy (non-hydrogen) atoms. The Labute approximate surface area is 251 Å². The number of alkyl halides is 3. The summed E-state index contributed by atoms with van der Waals surface area (Å²) in [6, 6.07) is 14.9. The predicted molar refractivity (Wildman–Crippen MR) is 157 cm³/mol. The lowest BCUT2D eigenvalue weighted by atomic mass is 10.1. The fraction of sp³-hybridized carbons (Fsp3) is 0.323. The molecule has 3 heterocycles. The Balaban J connectivity index is 1.20. The highest BCUT2D eigenvalue weighted by molar-refractivity contribution is 7.09. The van der Waals surface area contributed by atoms with Gasteiger partial charge in [-0.2, -0.15) is 13.2 Å². The van der Waals surface area contributed by atoms with Gasteiger partial charge in [-0.15, -0.1) is 11.3 Å². The van der Waals surface area contributed by atoms with Crippen molar-refractivity contribution in [3.63, 3.8) is 0 Å². The highest BCUT2D eigenvalue weighted by Crippen LogP contribution is 2.32. The standard InChI is InChI=1S/C31H31F4N5O2S/c1-2-12-40(29(41)25-10-3-4-11-26(25)32)19-24-9-6-13-39(24)20-28-36-27(21-43-28)30(42)38-16-14-37(15-17-38)23-8-5-7-22(18-23)31(33,34)35/h3-11,13,18,21H,2,12,14-17,19-20H2,1H3. The molecular weight excluding hydrogens is 582 g/mol. The molecule has 7 nitrogen and oxygen atoms in total. The van der Waals surface area contributed by atoms with E-state index in [1.54, 1.807) is 33.4 Å². The third kappa shape index (κ3) is 7.07. The molecule has 1 saturated heterocycles. The molecule has 4 aromatic rings. The van der Waals surface area contributed by atoms with E-state index >= 15 is 0 Å². The van der Waals surface area contributed by atoms with Gasteiger partial charge in [0.1, 0.15) is 16.5 Å². The maximum atomic E-state index is 14.3. The first-order valence-corrected chi connectivity index (χ1v) is 14.9. The van der Waals surface area contributed by atoms with E-state index < -0.39 is 17.6 Å². The second-order valence-corrected chi connectivity index (χ2v) is 11.2. The van der Waals surface area contributed by atoms with Crippen LogP contribution in [0.15, 0.2) is 72.2 Å². The Morgan fingerprint density at radius 1 is 1.00 bits per heavy atom. The minimum Gasteiger partial charge on any atom is -0.368 e. The molecular formula is C31H31F4N5O2S. The van der Waals surface area contributed by atoms with Gasteiger partial charge in [-0.1, -0.05) is 25.1 Å². The van der Waals surface area contributed by atoms with Crippen LogP contribution in [-0.4, -0.2) is 63.9 Å². The second-order valence-electron chi connectivity index (χ2n) is 10.3. The zero-order valence-electron chi connectivity index (χ0n) is 23.6. The number of thiazole rings is 1. The van der Waals surface area contributed by atoms with Crippen molar-refractivity contribution in [2.75, 3.05) is 37.6 Å². The molecule has 0 spiro atoms. The Morgan fingerprint density at radius 3 is 2.49 bits per heavy atom. The van der Waals surface area contributed by atoms with E-state index in [-0.39, 0.29) is 17.4 Å². The molecule has 2 aromatic heterocycles. The Morgan fingerprint density at radius 2 is 1.77 bits per heavy atom. The highest BCUT2D eigenvalue weighted by Gasteiger charge is 2.31. The molecule has 0 radical (unpaired) electrons. The van der Waals surface area contributed by atoms with Crippen LogP contribution in [0, 0.1) is 5.82 Å².